The van der Waals surface area contributed by atoms with Crippen molar-refractivity contribution >= 4 is 49.3 Å². The SMILES string of the molecule is CSc1cccc(Oc2ncc(F)cc2C(=O)NC2CCC(NS(=O)(=O)c3nccc4sncc34)CC2)c1. The number of ether oxygens (including phenoxy) is 1. The number of nitrogens with one attached hydrogen (secondary N) is 2. The largest absolute Gasteiger partial charge is 0.438 e. The van der Waals surface area contributed by atoms with Crippen molar-refractivity contribution < 1.29 is 22.3 Å². The Morgan fingerprint density at radius 3 is 2.68 bits per heavy atom. The average molecular weight is 574 g/mol. The Bertz CT molecular complexity index is 1570. The second-order valence-electron chi connectivity index (χ2n) is 8.78. The predicted molar refractivity (Wildman–Crippen MR) is 144 cm³/mol. The number of carbonyl (C=O) groups excluding carboxylic acids is 1. The highest BCUT2D eigenvalue weighted by Gasteiger charge is 2.29. The van der Waals surface area contributed by atoms with Gasteiger partial charge in [-0.15, -0.1) is 11.8 Å². The summed E-state index contributed by atoms with van der Waals surface area (Å²) in [6.07, 6.45) is 8.04. The first-order chi connectivity index (χ1) is 18.3. The quantitative estimate of drug-likeness (QED) is 0.289. The van der Waals surface area contributed by atoms with Gasteiger partial charge in [0.05, 0.1) is 22.5 Å². The minimum Gasteiger partial charge on any atom is -0.438 e. The van der Waals surface area contributed by atoms with Gasteiger partial charge in [-0.2, -0.15) is 4.37 Å². The number of hydrogen-bond donors (Lipinski definition) is 2. The third-order valence-electron chi connectivity index (χ3n) is 6.20. The van der Waals surface area contributed by atoms with Gasteiger partial charge >= 0.3 is 0 Å². The molecule has 1 saturated carbocycles. The Kier molecular flexibility index (Phi) is 7.88. The van der Waals surface area contributed by atoms with Crippen molar-refractivity contribution in [1.82, 2.24) is 24.4 Å². The number of carbonyl (C=O) groups is 1. The maximum absolute atomic E-state index is 14.0. The predicted octanol–water partition coefficient (Wildman–Crippen LogP) is 4.76. The molecule has 1 aliphatic carbocycles. The van der Waals surface area contributed by atoms with E-state index in [0.29, 0.717) is 36.8 Å². The van der Waals surface area contributed by atoms with Gasteiger partial charge in [-0.1, -0.05) is 6.07 Å². The van der Waals surface area contributed by atoms with Crippen LogP contribution < -0.4 is 14.8 Å². The monoisotopic (exact) mass is 573 g/mol. The molecule has 198 valence electrons. The summed E-state index contributed by atoms with van der Waals surface area (Å²) in [4.78, 5) is 22.1. The van der Waals surface area contributed by atoms with Crippen LogP contribution >= 0.6 is 23.3 Å². The van der Waals surface area contributed by atoms with E-state index in [2.05, 4.69) is 24.4 Å². The lowest BCUT2D eigenvalue weighted by molar-refractivity contribution is 0.0921. The lowest BCUT2D eigenvalue weighted by Crippen LogP contribution is -2.44. The Balaban J connectivity index is 1.22. The summed E-state index contributed by atoms with van der Waals surface area (Å²) in [5.74, 6) is -0.657. The highest BCUT2D eigenvalue weighted by atomic mass is 32.2. The molecule has 3 heterocycles. The topological polar surface area (TPSA) is 123 Å². The van der Waals surface area contributed by atoms with Crippen molar-refractivity contribution in [2.75, 3.05) is 6.26 Å². The van der Waals surface area contributed by atoms with Crippen molar-refractivity contribution in [3.63, 3.8) is 0 Å². The number of pyridine rings is 2. The first-order valence-electron chi connectivity index (χ1n) is 11.8. The highest BCUT2D eigenvalue weighted by molar-refractivity contribution is 7.98. The summed E-state index contributed by atoms with van der Waals surface area (Å²) < 4.78 is 53.3. The second-order valence-corrected chi connectivity index (χ2v) is 12.1. The molecule has 9 nitrogen and oxygen atoms in total. The molecule has 1 fully saturated rings. The molecule has 0 saturated heterocycles. The van der Waals surface area contributed by atoms with Gasteiger partial charge in [0.1, 0.15) is 17.1 Å². The maximum atomic E-state index is 14.0. The zero-order valence-electron chi connectivity index (χ0n) is 20.3. The molecule has 5 rings (SSSR count). The van der Waals surface area contributed by atoms with Gasteiger partial charge in [-0.3, -0.25) is 4.79 Å². The van der Waals surface area contributed by atoms with E-state index >= 15 is 0 Å². The van der Waals surface area contributed by atoms with Crippen LogP contribution in [-0.2, 0) is 10.0 Å². The van der Waals surface area contributed by atoms with Crippen molar-refractivity contribution in [2.24, 2.45) is 0 Å². The molecule has 0 bridgehead atoms. The van der Waals surface area contributed by atoms with E-state index < -0.39 is 21.7 Å². The van der Waals surface area contributed by atoms with Gasteiger partial charge in [0, 0.05) is 23.2 Å². The van der Waals surface area contributed by atoms with Crippen LogP contribution in [0.1, 0.15) is 36.0 Å². The number of rotatable bonds is 8. The number of thioether (sulfide) groups is 1. The summed E-state index contributed by atoms with van der Waals surface area (Å²) in [6, 6.07) is 9.62. The molecule has 4 aromatic rings. The van der Waals surface area contributed by atoms with Crippen molar-refractivity contribution in [1.29, 1.82) is 0 Å². The number of hydrogen-bond acceptors (Lipinski definition) is 9. The number of fused-ring (bicyclic) bond motifs is 1. The van der Waals surface area contributed by atoms with Crippen LogP contribution in [0.15, 0.2) is 64.9 Å². The molecular formula is C25H24FN5O4S3. The molecule has 13 heteroatoms. The second kappa shape index (κ2) is 11.3. The fourth-order valence-electron chi connectivity index (χ4n) is 4.33. The summed E-state index contributed by atoms with van der Waals surface area (Å²) in [7, 11) is -3.83. The highest BCUT2D eigenvalue weighted by Crippen LogP contribution is 2.29. The summed E-state index contributed by atoms with van der Waals surface area (Å²) in [5, 5.41) is 3.38. The normalized spacial score (nSPS) is 17.8. The molecule has 1 aromatic carbocycles. The summed E-state index contributed by atoms with van der Waals surface area (Å²) in [5.41, 5.74) is -0.00841. The van der Waals surface area contributed by atoms with E-state index in [-0.39, 0.29) is 28.6 Å². The van der Waals surface area contributed by atoms with Gasteiger partial charge in [-0.05, 0) is 73.8 Å². The molecule has 3 aromatic heterocycles. The maximum Gasteiger partial charge on any atom is 0.258 e. The van der Waals surface area contributed by atoms with Gasteiger partial charge in [-0.25, -0.2) is 27.5 Å². The van der Waals surface area contributed by atoms with E-state index in [1.54, 1.807) is 23.9 Å². The van der Waals surface area contributed by atoms with Crippen molar-refractivity contribution in [2.45, 2.75) is 47.7 Å². The minimum atomic E-state index is -3.83. The standard InChI is InChI=1S/C25H24FN5O4S3/c1-36-19-4-2-3-18(12-19)35-24-20(11-15(26)13-28-24)23(32)30-16-5-7-17(8-6-16)31-38(33,34)25-21-14-29-37-22(21)9-10-27-25/h2-4,9-14,16-17,31H,5-8H2,1H3,(H,30,32). The first-order valence-corrected chi connectivity index (χ1v) is 15.3. The van der Waals surface area contributed by atoms with E-state index in [4.69, 9.17) is 4.74 Å². The van der Waals surface area contributed by atoms with Crippen LogP contribution in [0.2, 0.25) is 0 Å². The van der Waals surface area contributed by atoms with Crippen LogP contribution in [0.25, 0.3) is 10.1 Å². The lowest BCUT2D eigenvalue weighted by Gasteiger charge is -2.29. The lowest BCUT2D eigenvalue weighted by atomic mass is 9.91. The molecule has 0 atom stereocenters. The molecule has 38 heavy (non-hydrogen) atoms. The number of amides is 1. The molecule has 0 spiro atoms. The van der Waals surface area contributed by atoms with Gasteiger partial charge in [0.25, 0.3) is 15.9 Å². The molecule has 0 unspecified atom stereocenters. The number of sulfonamides is 1. The molecule has 0 radical (unpaired) electrons. The third-order valence-corrected chi connectivity index (χ3v) is 9.17. The van der Waals surface area contributed by atoms with E-state index in [1.807, 2.05) is 24.5 Å². The van der Waals surface area contributed by atoms with Crippen molar-refractivity contribution in [3.8, 4) is 11.6 Å². The Morgan fingerprint density at radius 1 is 1.11 bits per heavy atom. The summed E-state index contributed by atoms with van der Waals surface area (Å²) >= 11 is 2.76. The number of benzene rings is 1. The Morgan fingerprint density at radius 2 is 1.89 bits per heavy atom. The Hall–Kier alpha value is -3.13. The van der Waals surface area contributed by atoms with Crippen LogP contribution in [0, 0.1) is 5.82 Å². The zero-order chi connectivity index (χ0) is 26.7. The molecule has 1 aliphatic rings. The Labute approximate surface area is 227 Å². The number of aromatic nitrogens is 3. The van der Waals surface area contributed by atoms with Gasteiger partial charge in [0.2, 0.25) is 5.88 Å². The smallest absolute Gasteiger partial charge is 0.258 e. The van der Waals surface area contributed by atoms with Gasteiger partial charge in [0.15, 0.2) is 5.03 Å². The van der Waals surface area contributed by atoms with E-state index in [9.17, 15) is 17.6 Å². The van der Waals surface area contributed by atoms with E-state index in [1.165, 1.54) is 23.9 Å². The minimum absolute atomic E-state index is 0.00759. The molecule has 1 amide bonds. The molecule has 0 aliphatic heterocycles. The fourth-order valence-corrected chi connectivity index (χ4v) is 6.92. The number of nitrogens with zero attached hydrogens (tertiary/aromatic N) is 3. The third kappa shape index (κ3) is 5.96. The molecule has 2 N–H and O–H groups in total. The number of halogens is 1. The first kappa shape index (κ1) is 26.5. The van der Waals surface area contributed by atoms with Crippen LogP contribution in [-0.4, -0.2) is 47.0 Å². The van der Waals surface area contributed by atoms with E-state index in [0.717, 1.165) is 21.9 Å². The van der Waals surface area contributed by atoms with Crippen molar-refractivity contribution in [3.05, 3.63) is 66.4 Å². The van der Waals surface area contributed by atoms with Gasteiger partial charge < -0.3 is 10.1 Å². The zero-order valence-corrected chi connectivity index (χ0v) is 22.7. The van der Waals surface area contributed by atoms with Crippen LogP contribution in [0.3, 0.4) is 0 Å². The van der Waals surface area contributed by atoms with Crippen LogP contribution in [0.5, 0.6) is 11.6 Å². The summed E-state index contributed by atoms with van der Waals surface area (Å²) in [6.45, 7) is 0. The fraction of sp³-hybridized carbons (Fsp3) is 0.280. The molecular weight excluding hydrogens is 550 g/mol. The average Bonchev–Trinajstić information content (AvgIpc) is 3.40. The van der Waals surface area contributed by atoms with Crippen LogP contribution in [0.4, 0.5) is 4.39 Å².